The number of ether oxygens (including phenoxy) is 2. The first-order valence-electron chi connectivity index (χ1n) is 9.89. The Bertz CT molecular complexity index is 833. The second kappa shape index (κ2) is 8.99. The maximum absolute atomic E-state index is 13.1. The number of anilines is 1. The third kappa shape index (κ3) is 4.89. The Kier molecular flexibility index (Phi) is 6.59. The van der Waals surface area contributed by atoms with E-state index < -0.39 is 35.6 Å². The van der Waals surface area contributed by atoms with Crippen molar-refractivity contribution in [3.8, 4) is 5.88 Å². The number of imide groups is 1. The molecule has 2 N–H and O–H groups in total. The average molecular weight is 439 g/mol. The number of aromatic nitrogens is 1. The fourth-order valence-electron chi connectivity index (χ4n) is 3.80. The first-order valence-corrected chi connectivity index (χ1v) is 10.8. The second-order valence-corrected chi connectivity index (χ2v) is 8.88. The maximum Gasteiger partial charge on any atom is 0.514 e. The van der Waals surface area contributed by atoms with Crippen molar-refractivity contribution in [3.63, 3.8) is 0 Å². The largest absolute Gasteiger partial charge is 0.514 e. The molecule has 1 aliphatic carbocycles. The monoisotopic (exact) mass is 438 g/mol. The molecule has 3 rings (SSSR count). The molecule has 1 aliphatic heterocycles. The van der Waals surface area contributed by atoms with Crippen molar-refractivity contribution in [3.05, 3.63) is 5.38 Å². The van der Waals surface area contributed by atoms with Crippen molar-refractivity contribution in [2.75, 3.05) is 12.4 Å². The van der Waals surface area contributed by atoms with Crippen molar-refractivity contribution in [2.24, 2.45) is 5.92 Å². The highest BCUT2D eigenvalue weighted by Gasteiger charge is 2.49. The number of thiazole rings is 1. The van der Waals surface area contributed by atoms with Crippen LogP contribution in [0.25, 0.3) is 0 Å². The topological polar surface area (TPSA) is 127 Å². The van der Waals surface area contributed by atoms with Gasteiger partial charge in [0, 0.05) is 0 Å². The van der Waals surface area contributed by atoms with Gasteiger partial charge in [-0.25, -0.2) is 14.5 Å². The average Bonchev–Trinajstić information content (AvgIpc) is 3.21. The van der Waals surface area contributed by atoms with Crippen LogP contribution in [0.15, 0.2) is 5.38 Å². The Labute approximate surface area is 178 Å². The summed E-state index contributed by atoms with van der Waals surface area (Å²) in [6.07, 6.45) is 4.71. The fraction of sp³-hybridized carbons (Fsp3) is 0.632. The van der Waals surface area contributed by atoms with Crippen molar-refractivity contribution in [2.45, 2.75) is 64.0 Å². The number of hydrogen-bond donors (Lipinski definition) is 2. The Hall–Kier alpha value is -2.69. The van der Waals surface area contributed by atoms with E-state index in [1.807, 2.05) is 0 Å². The van der Waals surface area contributed by atoms with Crippen LogP contribution in [-0.2, 0) is 14.3 Å². The van der Waals surface area contributed by atoms with Gasteiger partial charge in [-0.05, 0) is 26.2 Å². The third-order valence-electron chi connectivity index (χ3n) is 5.36. The predicted octanol–water partition coefficient (Wildman–Crippen LogP) is 2.90. The van der Waals surface area contributed by atoms with Gasteiger partial charge >= 0.3 is 12.2 Å². The summed E-state index contributed by atoms with van der Waals surface area (Å²) in [5.41, 5.74) is -1.06. The van der Waals surface area contributed by atoms with Gasteiger partial charge in [0.15, 0.2) is 5.13 Å². The van der Waals surface area contributed by atoms with E-state index >= 15 is 0 Å². The predicted molar refractivity (Wildman–Crippen MR) is 108 cm³/mol. The standard InChI is InChI=1S/C19H26N4O6S/c1-19(2)15(25)23(17(26)22-19)12(9-11-7-5-4-6-8-11)14(24)21-16-20-13(10-30-16)29-18(27)28-3/h10-12H,4-9H2,1-3H3,(H,22,26)(H,20,21,24)/t12-/m0/s1. The first-order chi connectivity index (χ1) is 14.2. The summed E-state index contributed by atoms with van der Waals surface area (Å²) < 4.78 is 9.23. The lowest BCUT2D eigenvalue weighted by atomic mass is 9.84. The smallest absolute Gasteiger partial charge is 0.437 e. The molecule has 2 heterocycles. The number of carbonyl (C=O) groups is 4. The van der Waals surface area contributed by atoms with Crippen molar-refractivity contribution in [1.29, 1.82) is 0 Å². The minimum Gasteiger partial charge on any atom is -0.437 e. The summed E-state index contributed by atoms with van der Waals surface area (Å²) >= 11 is 1.06. The SMILES string of the molecule is COC(=O)Oc1csc(NC(=O)[C@H](CC2CCCCC2)N2C(=O)NC(C)(C)C2=O)n1. The molecule has 1 aromatic rings. The van der Waals surface area contributed by atoms with E-state index in [0.717, 1.165) is 48.3 Å². The molecule has 1 aromatic heterocycles. The number of rotatable bonds is 6. The molecular formula is C19H26N4O6S. The summed E-state index contributed by atoms with van der Waals surface area (Å²) in [6.45, 7) is 3.22. The molecule has 30 heavy (non-hydrogen) atoms. The number of hydrogen-bond acceptors (Lipinski definition) is 8. The van der Waals surface area contributed by atoms with Gasteiger partial charge in [-0.3, -0.25) is 9.59 Å². The molecule has 0 aromatic carbocycles. The molecule has 1 saturated heterocycles. The molecule has 2 aliphatic rings. The van der Waals surface area contributed by atoms with Crippen molar-refractivity contribution < 1.29 is 28.7 Å². The lowest BCUT2D eigenvalue weighted by Crippen LogP contribution is -2.49. The lowest BCUT2D eigenvalue weighted by Gasteiger charge is -2.30. The molecule has 1 atom stereocenters. The highest BCUT2D eigenvalue weighted by atomic mass is 32.1. The third-order valence-corrected chi connectivity index (χ3v) is 6.09. The Morgan fingerprint density at radius 2 is 2.03 bits per heavy atom. The van der Waals surface area contributed by atoms with Crippen molar-refractivity contribution >= 4 is 40.5 Å². The molecule has 10 nitrogen and oxygen atoms in total. The maximum atomic E-state index is 13.1. The van der Waals surface area contributed by atoms with Crippen LogP contribution < -0.4 is 15.4 Å². The molecule has 0 unspecified atom stereocenters. The molecule has 0 bridgehead atoms. The number of methoxy groups -OCH3 is 1. The minimum atomic E-state index is -1.06. The highest BCUT2D eigenvalue weighted by Crippen LogP contribution is 2.31. The first kappa shape index (κ1) is 22.0. The zero-order valence-corrected chi connectivity index (χ0v) is 18.0. The zero-order valence-electron chi connectivity index (χ0n) is 17.2. The van der Waals surface area contributed by atoms with E-state index in [4.69, 9.17) is 4.74 Å². The van der Waals surface area contributed by atoms with Crippen LogP contribution in [-0.4, -0.2) is 52.6 Å². The number of urea groups is 1. The molecule has 4 amide bonds. The second-order valence-electron chi connectivity index (χ2n) is 8.02. The number of nitrogens with one attached hydrogen (secondary N) is 2. The van der Waals surface area contributed by atoms with E-state index in [-0.39, 0.29) is 16.9 Å². The minimum absolute atomic E-state index is 0.0119. The van der Waals surface area contributed by atoms with Gasteiger partial charge in [-0.1, -0.05) is 32.1 Å². The summed E-state index contributed by atoms with van der Waals surface area (Å²) in [4.78, 5) is 54.7. The molecular weight excluding hydrogens is 412 g/mol. The normalized spacial score (nSPS) is 19.9. The summed E-state index contributed by atoms with van der Waals surface area (Å²) in [6, 6.07) is -1.52. The highest BCUT2D eigenvalue weighted by molar-refractivity contribution is 7.14. The van der Waals surface area contributed by atoms with E-state index in [0.29, 0.717) is 6.42 Å². The van der Waals surface area contributed by atoms with Crippen molar-refractivity contribution in [1.82, 2.24) is 15.2 Å². The molecule has 0 radical (unpaired) electrons. The number of nitrogens with zero attached hydrogens (tertiary/aromatic N) is 2. The Balaban J connectivity index is 1.77. The van der Waals surface area contributed by atoms with Gasteiger partial charge in [-0.15, -0.1) is 11.3 Å². The van der Waals surface area contributed by atoms with Gasteiger partial charge in [0.1, 0.15) is 11.6 Å². The van der Waals surface area contributed by atoms with Gasteiger partial charge in [0.05, 0.1) is 12.5 Å². The molecule has 164 valence electrons. The van der Waals surface area contributed by atoms with Crippen LogP contribution >= 0.6 is 11.3 Å². The molecule has 1 saturated carbocycles. The zero-order chi connectivity index (χ0) is 21.9. The summed E-state index contributed by atoms with van der Waals surface area (Å²) in [5.74, 6) is -0.687. The van der Waals surface area contributed by atoms with Crippen LogP contribution in [0.5, 0.6) is 5.88 Å². The van der Waals surface area contributed by atoms with Crippen LogP contribution in [0, 0.1) is 5.92 Å². The van der Waals surface area contributed by atoms with E-state index in [2.05, 4.69) is 20.4 Å². The van der Waals surface area contributed by atoms with Crippen LogP contribution in [0.3, 0.4) is 0 Å². The lowest BCUT2D eigenvalue weighted by molar-refractivity contribution is -0.136. The van der Waals surface area contributed by atoms with Crippen LogP contribution in [0.4, 0.5) is 14.7 Å². The Morgan fingerprint density at radius 1 is 1.33 bits per heavy atom. The van der Waals surface area contributed by atoms with Gasteiger partial charge < -0.3 is 20.1 Å². The van der Waals surface area contributed by atoms with E-state index in [9.17, 15) is 19.2 Å². The van der Waals surface area contributed by atoms with Gasteiger partial charge in [0.2, 0.25) is 11.8 Å². The van der Waals surface area contributed by atoms with Gasteiger partial charge in [0.25, 0.3) is 5.91 Å². The summed E-state index contributed by atoms with van der Waals surface area (Å²) in [5, 5.41) is 6.92. The molecule has 0 spiro atoms. The Morgan fingerprint density at radius 3 is 2.63 bits per heavy atom. The molecule has 2 fully saturated rings. The fourth-order valence-corrected chi connectivity index (χ4v) is 4.42. The van der Waals surface area contributed by atoms with Gasteiger partial charge in [-0.2, -0.15) is 4.98 Å². The van der Waals surface area contributed by atoms with E-state index in [1.165, 1.54) is 12.5 Å². The van der Waals surface area contributed by atoms with Crippen LogP contribution in [0.1, 0.15) is 52.4 Å². The van der Waals surface area contributed by atoms with E-state index in [1.54, 1.807) is 13.8 Å². The van der Waals surface area contributed by atoms with Crippen LogP contribution in [0.2, 0.25) is 0 Å². The number of amides is 4. The number of carbonyl (C=O) groups excluding carboxylic acids is 4. The summed E-state index contributed by atoms with van der Waals surface area (Å²) in [7, 11) is 1.17. The quantitative estimate of drug-likeness (QED) is 0.516. The molecule has 11 heteroatoms.